The van der Waals surface area contributed by atoms with Crippen molar-refractivity contribution in [3.05, 3.63) is 101 Å². The minimum Gasteiger partial charge on any atom is -0.502 e. The number of benzene rings is 4. The van der Waals surface area contributed by atoms with Gasteiger partial charge in [0.25, 0.3) is 20.2 Å². The third-order valence-corrected chi connectivity index (χ3v) is 14.4. The number of ether oxygens (including phenoxy) is 9. The highest BCUT2D eigenvalue weighted by Gasteiger charge is 2.58. The summed E-state index contributed by atoms with van der Waals surface area (Å²) in [4.78, 5) is 13.5. The lowest BCUT2D eigenvalue weighted by molar-refractivity contribution is -0.357. The molecule has 62 heavy (non-hydrogen) atoms. The zero-order valence-electron chi connectivity index (χ0n) is 34.1. The van der Waals surface area contributed by atoms with Gasteiger partial charge >= 0.3 is 5.97 Å². The fourth-order valence-electron chi connectivity index (χ4n) is 8.73. The number of aromatic hydroxyl groups is 1. The highest BCUT2D eigenvalue weighted by atomic mass is 32.2. The summed E-state index contributed by atoms with van der Waals surface area (Å²) < 4.78 is 122. The number of rotatable bonds is 11. The van der Waals surface area contributed by atoms with Gasteiger partial charge in [0.1, 0.15) is 18.3 Å². The quantitative estimate of drug-likeness (QED) is 0.159. The number of fused-ring (bicyclic) bond motifs is 4. The Morgan fingerprint density at radius 1 is 0.710 bits per heavy atom. The Morgan fingerprint density at radius 2 is 1.27 bits per heavy atom. The van der Waals surface area contributed by atoms with Crippen LogP contribution in [0.5, 0.6) is 28.7 Å². The van der Waals surface area contributed by atoms with Crippen LogP contribution < -0.4 is 18.9 Å². The van der Waals surface area contributed by atoms with Gasteiger partial charge in [0.15, 0.2) is 41.7 Å². The number of hydrogen-bond donors (Lipinski definition) is 1. The molecule has 4 aromatic carbocycles. The maximum Gasteiger partial charge on any atom is 0.310 e. The number of esters is 1. The molecule has 4 aromatic rings. The lowest BCUT2D eigenvalue weighted by atomic mass is 9.66. The first kappa shape index (κ1) is 42.3. The van der Waals surface area contributed by atoms with E-state index in [0.29, 0.717) is 28.2 Å². The maximum atomic E-state index is 14.2. The summed E-state index contributed by atoms with van der Waals surface area (Å²) in [6.07, 6.45) is -9.52. The van der Waals surface area contributed by atoms with Gasteiger partial charge in [0.05, 0.1) is 49.2 Å². The van der Waals surface area contributed by atoms with Gasteiger partial charge in [-0.3, -0.25) is 13.2 Å². The van der Waals surface area contributed by atoms with Gasteiger partial charge in [-0.2, -0.15) is 16.8 Å². The molecule has 19 heteroatoms. The lowest BCUT2D eigenvalue weighted by Gasteiger charge is -2.49. The van der Waals surface area contributed by atoms with Crippen molar-refractivity contribution in [2.24, 2.45) is 11.8 Å². The minimum atomic E-state index is -4.70. The van der Waals surface area contributed by atoms with E-state index in [-0.39, 0.29) is 47.0 Å². The third kappa shape index (κ3) is 7.63. The molecule has 0 spiro atoms. The van der Waals surface area contributed by atoms with Crippen LogP contribution in [0.1, 0.15) is 46.8 Å². The summed E-state index contributed by atoms with van der Waals surface area (Å²) in [5.74, 6) is -2.29. The Morgan fingerprint density at radius 3 is 1.85 bits per heavy atom. The number of phenols is 1. The van der Waals surface area contributed by atoms with Crippen LogP contribution in [-0.4, -0.2) is 99.1 Å². The molecule has 3 fully saturated rings. The molecule has 5 aliphatic rings. The number of cyclic esters (lactones) is 1. The molecule has 17 nitrogen and oxygen atoms in total. The summed E-state index contributed by atoms with van der Waals surface area (Å²) in [7, 11) is -6.55. The van der Waals surface area contributed by atoms with Gasteiger partial charge in [0.2, 0.25) is 12.5 Å². The van der Waals surface area contributed by atoms with E-state index in [9.17, 15) is 26.7 Å². The fourth-order valence-corrected chi connectivity index (χ4v) is 10.9. The third-order valence-electron chi connectivity index (χ3n) is 11.8. The van der Waals surface area contributed by atoms with Gasteiger partial charge in [-0.05, 0) is 86.0 Å². The average Bonchev–Trinajstić information content (AvgIpc) is 3.87. The van der Waals surface area contributed by atoms with Gasteiger partial charge in [-0.25, -0.2) is 0 Å². The Labute approximate surface area is 357 Å². The molecule has 10 atom stereocenters. The smallest absolute Gasteiger partial charge is 0.310 e. The Kier molecular flexibility index (Phi) is 11.1. The molecule has 9 rings (SSSR count). The summed E-state index contributed by atoms with van der Waals surface area (Å²) in [5.41, 5.74) is 3.15. The second-order valence-electron chi connectivity index (χ2n) is 15.7. The Balaban J connectivity index is 1.18. The zero-order valence-corrected chi connectivity index (χ0v) is 35.8. The molecule has 0 radical (unpaired) electrons. The molecule has 0 aromatic heterocycles. The van der Waals surface area contributed by atoms with Crippen LogP contribution in [-0.2, 0) is 57.1 Å². The number of carbonyl (C=O) groups excluding carboxylic acids is 1. The van der Waals surface area contributed by atoms with Crippen LogP contribution in [0.25, 0.3) is 0 Å². The molecule has 0 bridgehead atoms. The summed E-state index contributed by atoms with van der Waals surface area (Å²) in [6.45, 7) is 4.84. The van der Waals surface area contributed by atoms with Crippen molar-refractivity contribution in [3.63, 3.8) is 0 Å². The first-order valence-electron chi connectivity index (χ1n) is 19.8. The molecule has 4 aliphatic heterocycles. The van der Waals surface area contributed by atoms with E-state index in [0.717, 1.165) is 11.1 Å². The second kappa shape index (κ2) is 16.3. The maximum absolute atomic E-state index is 14.2. The van der Waals surface area contributed by atoms with Gasteiger partial charge in [-0.1, -0.05) is 35.4 Å². The van der Waals surface area contributed by atoms with Gasteiger partial charge in [-0.15, -0.1) is 0 Å². The van der Waals surface area contributed by atoms with Gasteiger partial charge < -0.3 is 47.7 Å². The average molecular weight is 897 g/mol. The van der Waals surface area contributed by atoms with E-state index in [1.807, 2.05) is 0 Å². The van der Waals surface area contributed by atoms with E-state index < -0.39 is 87.1 Å². The number of phenolic OH excluding ortho intramolecular Hbond substituents is 1. The number of hydrogen-bond acceptors (Lipinski definition) is 17. The first-order valence-corrected chi connectivity index (χ1v) is 22.6. The molecule has 0 amide bonds. The van der Waals surface area contributed by atoms with E-state index >= 15 is 0 Å². The predicted molar refractivity (Wildman–Crippen MR) is 213 cm³/mol. The van der Waals surface area contributed by atoms with Crippen molar-refractivity contribution in [2.45, 2.75) is 79.6 Å². The molecule has 1 N–H and O–H groups in total. The molecule has 1 aliphatic carbocycles. The van der Waals surface area contributed by atoms with Crippen molar-refractivity contribution >= 4 is 26.2 Å². The van der Waals surface area contributed by atoms with Crippen LogP contribution in [0, 0.1) is 25.7 Å². The van der Waals surface area contributed by atoms with Gasteiger partial charge in [0, 0.05) is 11.8 Å². The topological polar surface area (TPSA) is 207 Å². The number of aryl methyl sites for hydroxylation is 2. The van der Waals surface area contributed by atoms with Crippen LogP contribution in [0.4, 0.5) is 0 Å². The molecule has 3 saturated heterocycles. The van der Waals surface area contributed by atoms with Crippen molar-refractivity contribution in [1.82, 2.24) is 0 Å². The summed E-state index contributed by atoms with van der Waals surface area (Å²) >= 11 is 0. The molecular weight excluding hydrogens is 853 g/mol. The van der Waals surface area contributed by atoms with Crippen LogP contribution in [0.2, 0.25) is 0 Å². The minimum absolute atomic E-state index is 0.0847. The normalized spacial score (nSPS) is 29.0. The molecule has 4 heterocycles. The van der Waals surface area contributed by atoms with Crippen LogP contribution in [0.3, 0.4) is 0 Å². The van der Waals surface area contributed by atoms with Crippen molar-refractivity contribution in [1.29, 1.82) is 0 Å². The number of carbonyl (C=O) groups is 1. The van der Waals surface area contributed by atoms with E-state index in [1.165, 1.54) is 38.5 Å². The Hall–Kier alpha value is -4.99. The largest absolute Gasteiger partial charge is 0.502 e. The highest BCUT2D eigenvalue weighted by molar-refractivity contribution is 7.87. The SMILES string of the molecule is COc1cc([C@@H]2c3cc4c(cc3[C@@H](O[C@@H]3O[C@@H]5CO[C@@H](C)O[C@H]5[C@H](OS(=O)(=O)c5ccc(C)cc5)[C@H]3OS(=O)(=O)c3ccc(C)cc3)[C@H]3COC(=O)[C@H]23)OCO4)cc(OC)c1O. The highest BCUT2D eigenvalue weighted by Crippen LogP contribution is 2.57. The summed E-state index contributed by atoms with van der Waals surface area (Å²) in [5, 5.41) is 10.8. The molecule has 0 saturated carbocycles. The molecular formula is C43H44O17S2. The number of methoxy groups -OCH3 is 2. The Bertz CT molecular complexity index is 2560. The van der Waals surface area contributed by atoms with E-state index in [2.05, 4.69) is 0 Å². The standard InChI is InChI=1S/C43H44O17S2/c1-21-6-10-25(11-7-21)61(46,47)59-40-39-34(19-52-23(3)56-39)57-43(41(40)60-62(48,49)26-12-8-22(2)9-13-26)58-38-28-17-31-30(54-20-55-31)16-27(28)35(36-29(38)18-53-42(36)45)24-14-32(50-4)37(44)33(15-24)51-5/h6-17,23,29,34-36,38-41,43-44H,18-20H2,1-5H3/t23-,29+,34-,35-,36+,38-,39-,40+,41-,43+/m1/s1. The van der Waals surface area contributed by atoms with E-state index in [1.54, 1.807) is 69.3 Å². The van der Waals surface area contributed by atoms with Crippen molar-refractivity contribution in [2.75, 3.05) is 34.2 Å². The monoisotopic (exact) mass is 896 g/mol. The second-order valence-corrected chi connectivity index (χ2v) is 18.8. The van der Waals surface area contributed by atoms with Crippen molar-refractivity contribution < 1.29 is 77.7 Å². The lowest BCUT2D eigenvalue weighted by Crippen LogP contribution is -2.65. The van der Waals surface area contributed by atoms with E-state index in [4.69, 9.17) is 51.0 Å². The fraction of sp³-hybridized carbons (Fsp3) is 0.419. The van der Waals surface area contributed by atoms with Crippen LogP contribution in [0.15, 0.2) is 82.6 Å². The van der Waals surface area contributed by atoms with Crippen molar-refractivity contribution in [3.8, 4) is 28.7 Å². The predicted octanol–water partition coefficient (Wildman–Crippen LogP) is 4.78. The molecule has 0 unspecified atom stereocenters. The first-order chi connectivity index (χ1) is 29.6. The molecule has 330 valence electrons. The zero-order chi connectivity index (χ0) is 43.7. The summed E-state index contributed by atoms with van der Waals surface area (Å²) in [6, 6.07) is 18.5. The van der Waals surface area contributed by atoms with Crippen LogP contribution >= 0.6 is 0 Å².